The van der Waals surface area contributed by atoms with Gasteiger partial charge in [0, 0.05) is 9.86 Å². The Kier molecular flexibility index (Phi) is 2.86. The lowest BCUT2D eigenvalue weighted by atomic mass is 10.1. The molecule has 0 aliphatic heterocycles. The van der Waals surface area contributed by atoms with Gasteiger partial charge < -0.3 is 5.11 Å². The molecule has 1 N–H and O–H groups in total. The second-order valence-corrected chi connectivity index (χ2v) is 4.66. The fraction of sp³-hybridized carbons (Fsp3) is 0.0909. The summed E-state index contributed by atoms with van der Waals surface area (Å²) in [6, 6.07) is 5.31. The fourth-order valence-corrected chi connectivity index (χ4v) is 2.41. The zero-order chi connectivity index (χ0) is 11.9. The number of nitrogens with zero attached hydrogens (tertiary/aromatic N) is 1. The number of aromatic carboxylic acids is 1. The number of fused-ring (bicyclic) bond motifs is 1. The molecule has 0 spiro atoms. The highest BCUT2D eigenvalue weighted by atomic mass is 79.9. The maximum absolute atomic E-state index is 10.9. The maximum Gasteiger partial charge on any atom is 0.338 e. The number of halogens is 2. The molecule has 1 heterocycles. The molecule has 0 aliphatic carbocycles. The Morgan fingerprint density at radius 2 is 2.12 bits per heavy atom. The van der Waals surface area contributed by atoms with E-state index < -0.39 is 5.97 Å². The minimum absolute atomic E-state index is 0.00422. The molecule has 16 heavy (non-hydrogen) atoms. The van der Waals surface area contributed by atoms with Crippen LogP contribution in [0.3, 0.4) is 0 Å². The van der Waals surface area contributed by atoms with E-state index in [0.29, 0.717) is 5.52 Å². The van der Waals surface area contributed by atoms with Gasteiger partial charge in [0.2, 0.25) is 0 Å². The van der Waals surface area contributed by atoms with Gasteiger partial charge in [0.05, 0.1) is 11.1 Å². The third-order valence-corrected chi connectivity index (χ3v) is 3.09. The molecular weight excluding hydrogens is 293 g/mol. The van der Waals surface area contributed by atoms with E-state index in [-0.39, 0.29) is 10.7 Å². The summed E-state index contributed by atoms with van der Waals surface area (Å²) in [7, 11) is 0. The number of hydrogen-bond donors (Lipinski definition) is 1. The van der Waals surface area contributed by atoms with Gasteiger partial charge in [-0.3, -0.25) is 0 Å². The van der Waals surface area contributed by atoms with Crippen LogP contribution >= 0.6 is 27.5 Å². The van der Waals surface area contributed by atoms with Crippen molar-refractivity contribution in [3.8, 4) is 0 Å². The molecule has 0 saturated carbocycles. The molecule has 0 aliphatic rings. The van der Waals surface area contributed by atoms with Crippen molar-refractivity contribution in [2.75, 3.05) is 0 Å². The summed E-state index contributed by atoms with van der Waals surface area (Å²) in [5.41, 5.74) is 1.71. The number of benzene rings is 1. The van der Waals surface area contributed by atoms with E-state index in [4.69, 9.17) is 16.7 Å². The van der Waals surface area contributed by atoms with Gasteiger partial charge in [-0.2, -0.15) is 0 Å². The number of pyridine rings is 1. The zero-order valence-corrected chi connectivity index (χ0v) is 10.6. The van der Waals surface area contributed by atoms with Crippen LogP contribution in [-0.4, -0.2) is 16.1 Å². The van der Waals surface area contributed by atoms with E-state index in [1.54, 1.807) is 0 Å². The molecule has 1 aromatic carbocycles. The van der Waals surface area contributed by atoms with Crippen LogP contribution < -0.4 is 0 Å². The van der Waals surface area contributed by atoms with Crippen molar-refractivity contribution >= 4 is 44.4 Å². The number of carbonyl (C=O) groups is 1. The maximum atomic E-state index is 10.9. The van der Waals surface area contributed by atoms with Crippen molar-refractivity contribution in [1.29, 1.82) is 0 Å². The summed E-state index contributed by atoms with van der Waals surface area (Å²) in [6.45, 7) is 1.93. The van der Waals surface area contributed by atoms with Crippen molar-refractivity contribution < 1.29 is 9.90 Å². The molecular formula is C11H7BrClNO2. The number of aromatic nitrogens is 1. The van der Waals surface area contributed by atoms with Gasteiger partial charge in [-0.15, -0.1) is 0 Å². The van der Waals surface area contributed by atoms with Crippen LogP contribution in [0.25, 0.3) is 10.9 Å². The van der Waals surface area contributed by atoms with Crippen molar-refractivity contribution in [1.82, 2.24) is 4.98 Å². The van der Waals surface area contributed by atoms with Gasteiger partial charge in [-0.25, -0.2) is 9.78 Å². The summed E-state index contributed by atoms with van der Waals surface area (Å²) in [5, 5.41) is 9.69. The van der Waals surface area contributed by atoms with Crippen LogP contribution in [0.15, 0.2) is 22.7 Å². The molecule has 82 valence electrons. The third kappa shape index (κ3) is 1.90. The highest BCUT2D eigenvalue weighted by Gasteiger charge is 2.13. The Bertz CT molecular complexity index is 598. The summed E-state index contributed by atoms with van der Waals surface area (Å²) < 4.78 is 0.807. The second kappa shape index (κ2) is 4.03. The second-order valence-electron chi connectivity index (χ2n) is 3.45. The van der Waals surface area contributed by atoms with Crippen LogP contribution in [0.5, 0.6) is 0 Å². The van der Waals surface area contributed by atoms with Gasteiger partial charge in [-0.05, 0) is 46.6 Å². The van der Waals surface area contributed by atoms with E-state index in [1.165, 1.54) is 6.07 Å². The van der Waals surface area contributed by atoms with E-state index in [1.807, 2.05) is 19.1 Å². The molecule has 2 rings (SSSR count). The number of rotatable bonds is 1. The van der Waals surface area contributed by atoms with Gasteiger partial charge in [0.15, 0.2) is 0 Å². The smallest absolute Gasteiger partial charge is 0.338 e. The quantitative estimate of drug-likeness (QED) is 0.818. The molecule has 2 aromatic rings. The molecule has 0 radical (unpaired) electrons. The first-order valence-corrected chi connectivity index (χ1v) is 5.66. The topological polar surface area (TPSA) is 50.2 Å². The Morgan fingerprint density at radius 1 is 1.44 bits per heavy atom. The van der Waals surface area contributed by atoms with Crippen molar-refractivity contribution in [3.63, 3.8) is 0 Å². The number of carboxylic acid groups (broad SMARTS) is 1. The Balaban J connectivity index is 2.84. The van der Waals surface area contributed by atoms with Gasteiger partial charge in [0.1, 0.15) is 5.15 Å². The Hall–Kier alpha value is -1.13. The first kappa shape index (κ1) is 11.4. The van der Waals surface area contributed by atoms with E-state index >= 15 is 0 Å². The van der Waals surface area contributed by atoms with Crippen LogP contribution in [0.2, 0.25) is 5.15 Å². The summed E-state index contributed by atoms with van der Waals surface area (Å²) >= 11 is 9.17. The molecule has 1 aromatic heterocycles. The van der Waals surface area contributed by atoms with E-state index in [9.17, 15) is 4.79 Å². The molecule has 0 saturated heterocycles. The number of hydrogen-bond acceptors (Lipinski definition) is 2. The predicted octanol–water partition coefficient (Wildman–Crippen LogP) is 3.66. The first-order chi connectivity index (χ1) is 7.49. The van der Waals surface area contributed by atoms with Crippen LogP contribution in [0.1, 0.15) is 15.9 Å². The summed E-state index contributed by atoms with van der Waals surface area (Å²) in [4.78, 5) is 15.0. The van der Waals surface area contributed by atoms with Crippen molar-refractivity contribution in [2.45, 2.75) is 6.92 Å². The minimum atomic E-state index is -1.07. The van der Waals surface area contributed by atoms with Crippen LogP contribution in [0.4, 0.5) is 0 Å². The normalized spacial score (nSPS) is 10.7. The summed E-state index contributed by atoms with van der Waals surface area (Å²) in [6.07, 6.45) is 0. The summed E-state index contributed by atoms with van der Waals surface area (Å²) in [5.74, 6) is -1.07. The van der Waals surface area contributed by atoms with Gasteiger partial charge in [0.25, 0.3) is 0 Å². The monoisotopic (exact) mass is 299 g/mol. The van der Waals surface area contributed by atoms with Crippen LogP contribution in [0, 0.1) is 6.92 Å². The average molecular weight is 301 g/mol. The predicted molar refractivity (Wildman–Crippen MR) is 66.1 cm³/mol. The zero-order valence-electron chi connectivity index (χ0n) is 8.29. The van der Waals surface area contributed by atoms with E-state index in [2.05, 4.69) is 20.9 Å². The molecule has 0 atom stereocenters. The highest BCUT2D eigenvalue weighted by Crippen LogP contribution is 2.27. The SMILES string of the molecule is Cc1cc(Br)c2nc(Cl)c(C(=O)O)cc2c1. The fourth-order valence-electron chi connectivity index (χ4n) is 1.51. The lowest BCUT2D eigenvalue weighted by molar-refractivity contribution is 0.0697. The Morgan fingerprint density at radius 3 is 2.75 bits per heavy atom. The van der Waals surface area contributed by atoms with Gasteiger partial charge >= 0.3 is 5.97 Å². The molecule has 0 amide bonds. The number of carboxylic acids is 1. The highest BCUT2D eigenvalue weighted by molar-refractivity contribution is 9.10. The molecule has 5 heteroatoms. The molecule has 0 bridgehead atoms. The minimum Gasteiger partial charge on any atom is -0.478 e. The molecule has 0 fully saturated rings. The molecule has 3 nitrogen and oxygen atoms in total. The molecule has 0 unspecified atom stereocenters. The third-order valence-electron chi connectivity index (χ3n) is 2.20. The average Bonchev–Trinajstić information content (AvgIpc) is 2.18. The number of aryl methyl sites for hydroxylation is 1. The Labute approximate surface area is 105 Å². The van der Waals surface area contributed by atoms with Crippen molar-refractivity contribution in [3.05, 3.63) is 39.0 Å². The lowest BCUT2D eigenvalue weighted by Gasteiger charge is -2.05. The van der Waals surface area contributed by atoms with E-state index in [0.717, 1.165) is 15.4 Å². The first-order valence-electron chi connectivity index (χ1n) is 4.48. The van der Waals surface area contributed by atoms with Crippen LogP contribution in [-0.2, 0) is 0 Å². The van der Waals surface area contributed by atoms with Gasteiger partial charge in [-0.1, -0.05) is 11.6 Å². The lowest BCUT2D eigenvalue weighted by Crippen LogP contribution is -1.99. The van der Waals surface area contributed by atoms with Crippen molar-refractivity contribution in [2.24, 2.45) is 0 Å². The largest absolute Gasteiger partial charge is 0.478 e. The standard InChI is InChI=1S/C11H7BrClNO2/c1-5-2-6-4-7(11(15)16)10(13)14-9(6)8(12)3-5/h2-4H,1H3,(H,15,16).